The predicted octanol–water partition coefficient (Wildman–Crippen LogP) is 3.50. The van der Waals surface area contributed by atoms with E-state index in [9.17, 15) is 4.79 Å². The molecule has 2 aromatic rings. The molecule has 1 amide bonds. The van der Waals surface area contributed by atoms with Crippen LogP contribution in [0.2, 0.25) is 5.02 Å². The molecular formula is C15H18ClN3O2. The maximum Gasteiger partial charge on any atom is 0.408 e. The molecule has 112 valence electrons. The molecule has 0 spiro atoms. The summed E-state index contributed by atoms with van der Waals surface area (Å²) in [5, 5.41) is 3.59. The van der Waals surface area contributed by atoms with Crippen molar-refractivity contribution in [2.75, 3.05) is 0 Å². The van der Waals surface area contributed by atoms with Gasteiger partial charge in [-0.1, -0.05) is 11.6 Å². The summed E-state index contributed by atoms with van der Waals surface area (Å²) >= 11 is 6.16. The second-order valence-corrected chi connectivity index (χ2v) is 6.81. The largest absolute Gasteiger partial charge is 0.444 e. The van der Waals surface area contributed by atoms with Gasteiger partial charge in [-0.2, -0.15) is 0 Å². The van der Waals surface area contributed by atoms with Crippen LogP contribution in [0.1, 0.15) is 39.4 Å². The van der Waals surface area contributed by atoms with E-state index >= 15 is 0 Å². The monoisotopic (exact) mass is 307 g/mol. The number of carbonyl (C=O) groups is 1. The number of pyridine rings is 1. The minimum absolute atomic E-state index is 0.418. The lowest BCUT2D eigenvalue weighted by molar-refractivity contribution is 0.0492. The van der Waals surface area contributed by atoms with Crippen molar-refractivity contribution in [2.45, 2.75) is 44.8 Å². The fourth-order valence-corrected chi connectivity index (χ4v) is 2.58. The average molecular weight is 308 g/mol. The van der Waals surface area contributed by atoms with Crippen LogP contribution in [-0.2, 0) is 10.3 Å². The Morgan fingerprint density at radius 3 is 2.81 bits per heavy atom. The molecular weight excluding hydrogens is 290 g/mol. The summed E-state index contributed by atoms with van der Waals surface area (Å²) in [6, 6.07) is 3.69. The van der Waals surface area contributed by atoms with E-state index in [1.807, 2.05) is 43.5 Å². The van der Waals surface area contributed by atoms with Gasteiger partial charge < -0.3 is 14.5 Å². The van der Waals surface area contributed by atoms with Crippen molar-refractivity contribution in [1.29, 1.82) is 0 Å². The minimum atomic E-state index is -0.516. The first-order valence-electron chi connectivity index (χ1n) is 6.94. The first kappa shape index (κ1) is 14.2. The Morgan fingerprint density at radius 1 is 1.48 bits per heavy atom. The molecule has 1 fully saturated rings. The Balaban J connectivity index is 1.88. The van der Waals surface area contributed by atoms with E-state index in [1.54, 1.807) is 6.20 Å². The van der Waals surface area contributed by atoms with Crippen molar-refractivity contribution in [3.8, 4) is 0 Å². The summed E-state index contributed by atoms with van der Waals surface area (Å²) in [5.41, 5.74) is -0.121. The number of fused-ring (bicyclic) bond motifs is 1. The lowest BCUT2D eigenvalue weighted by Crippen LogP contribution is -2.40. The number of hydrogen-bond donors (Lipinski definition) is 1. The number of hydrogen-bond acceptors (Lipinski definition) is 3. The highest BCUT2D eigenvalue weighted by molar-refractivity contribution is 6.33. The number of amides is 1. The molecule has 0 unspecified atom stereocenters. The molecule has 2 aromatic heterocycles. The zero-order chi connectivity index (χ0) is 15.3. The van der Waals surface area contributed by atoms with Crippen molar-refractivity contribution >= 4 is 23.2 Å². The number of imidazole rings is 1. The summed E-state index contributed by atoms with van der Waals surface area (Å²) in [5.74, 6) is 0.797. The Hall–Kier alpha value is -1.75. The van der Waals surface area contributed by atoms with Gasteiger partial charge in [-0.15, -0.1) is 0 Å². The fraction of sp³-hybridized carbons (Fsp3) is 0.467. The van der Waals surface area contributed by atoms with E-state index in [2.05, 4.69) is 10.3 Å². The molecule has 5 nitrogen and oxygen atoms in total. The minimum Gasteiger partial charge on any atom is -0.444 e. The Bertz CT molecular complexity index is 698. The molecule has 0 bridgehead atoms. The third-order valence-corrected chi connectivity index (χ3v) is 3.76. The van der Waals surface area contributed by atoms with Gasteiger partial charge in [0.2, 0.25) is 0 Å². The number of nitrogens with zero attached hydrogens (tertiary/aromatic N) is 2. The molecule has 0 atom stereocenters. The molecule has 21 heavy (non-hydrogen) atoms. The Kier molecular flexibility index (Phi) is 3.13. The van der Waals surface area contributed by atoms with E-state index < -0.39 is 17.2 Å². The van der Waals surface area contributed by atoms with Crippen molar-refractivity contribution < 1.29 is 9.53 Å². The highest BCUT2D eigenvalue weighted by atomic mass is 35.5. The summed E-state index contributed by atoms with van der Waals surface area (Å²) in [6.07, 6.45) is 4.91. The summed E-state index contributed by atoms with van der Waals surface area (Å²) in [7, 11) is 0. The van der Waals surface area contributed by atoms with E-state index in [-0.39, 0.29) is 0 Å². The summed E-state index contributed by atoms with van der Waals surface area (Å²) in [4.78, 5) is 16.5. The van der Waals surface area contributed by atoms with Crippen LogP contribution in [0, 0.1) is 0 Å². The van der Waals surface area contributed by atoms with Crippen LogP contribution < -0.4 is 5.32 Å². The number of carbonyl (C=O) groups excluding carboxylic acids is 1. The molecule has 0 radical (unpaired) electrons. The zero-order valence-electron chi connectivity index (χ0n) is 12.3. The van der Waals surface area contributed by atoms with Gasteiger partial charge in [0.25, 0.3) is 0 Å². The second kappa shape index (κ2) is 4.63. The first-order valence-corrected chi connectivity index (χ1v) is 7.32. The van der Waals surface area contributed by atoms with Gasteiger partial charge in [-0.05, 0) is 45.7 Å². The van der Waals surface area contributed by atoms with Gasteiger partial charge in [0, 0.05) is 6.20 Å². The standard InChI is InChI=1S/C15H18ClN3O2/c1-14(2,3)21-13(20)18-15(6-7-15)12-17-9-11-10(16)5-4-8-19(11)12/h4-5,8-9H,6-7H2,1-3H3,(H,18,20). The van der Waals surface area contributed by atoms with Crippen molar-refractivity contribution in [3.05, 3.63) is 35.4 Å². The maximum atomic E-state index is 12.0. The van der Waals surface area contributed by atoms with Crippen LogP contribution in [0.5, 0.6) is 0 Å². The van der Waals surface area contributed by atoms with Crippen molar-refractivity contribution in [2.24, 2.45) is 0 Å². The van der Waals surface area contributed by atoms with Crippen LogP contribution in [0.25, 0.3) is 5.52 Å². The normalized spacial score (nSPS) is 16.8. The highest BCUT2D eigenvalue weighted by Crippen LogP contribution is 2.45. The van der Waals surface area contributed by atoms with Crippen molar-refractivity contribution in [3.63, 3.8) is 0 Å². The van der Waals surface area contributed by atoms with Gasteiger partial charge in [-0.25, -0.2) is 9.78 Å². The number of ether oxygens (including phenoxy) is 1. The second-order valence-electron chi connectivity index (χ2n) is 6.40. The SMILES string of the molecule is CC(C)(C)OC(=O)NC1(c2ncc3c(Cl)cccn23)CC1. The van der Waals surface area contributed by atoms with Gasteiger partial charge >= 0.3 is 6.09 Å². The third-order valence-electron chi connectivity index (χ3n) is 3.44. The van der Waals surface area contributed by atoms with Crippen LogP contribution >= 0.6 is 11.6 Å². The van der Waals surface area contributed by atoms with E-state index in [4.69, 9.17) is 16.3 Å². The smallest absolute Gasteiger partial charge is 0.408 e. The number of alkyl carbamates (subject to hydrolysis) is 1. The maximum absolute atomic E-state index is 12.0. The summed E-state index contributed by atoms with van der Waals surface area (Å²) in [6.45, 7) is 5.53. The molecule has 1 aliphatic carbocycles. The molecule has 1 aliphatic rings. The number of nitrogens with one attached hydrogen (secondary N) is 1. The molecule has 0 aromatic carbocycles. The first-order chi connectivity index (χ1) is 9.81. The third kappa shape index (κ3) is 2.70. The quantitative estimate of drug-likeness (QED) is 0.924. The predicted molar refractivity (Wildman–Crippen MR) is 80.5 cm³/mol. The van der Waals surface area contributed by atoms with Crippen LogP contribution in [0.4, 0.5) is 4.79 Å². The summed E-state index contributed by atoms with van der Waals surface area (Å²) < 4.78 is 7.26. The highest BCUT2D eigenvalue weighted by Gasteiger charge is 2.50. The molecule has 2 heterocycles. The Labute approximate surface area is 128 Å². The van der Waals surface area contributed by atoms with Crippen LogP contribution in [0.15, 0.2) is 24.5 Å². The van der Waals surface area contributed by atoms with Gasteiger partial charge in [0.15, 0.2) is 0 Å². The number of halogens is 1. The fourth-order valence-electron chi connectivity index (χ4n) is 2.37. The number of aromatic nitrogens is 2. The van der Waals surface area contributed by atoms with Crippen molar-refractivity contribution in [1.82, 2.24) is 14.7 Å². The van der Waals surface area contributed by atoms with Gasteiger partial charge in [0.05, 0.1) is 16.7 Å². The molecule has 1 N–H and O–H groups in total. The lowest BCUT2D eigenvalue weighted by atomic mass is 10.2. The molecule has 1 saturated carbocycles. The Morgan fingerprint density at radius 2 is 2.19 bits per heavy atom. The molecule has 0 saturated heterocycles. The lowest BCUT2D eigenvalue weighted by Gasteiger charge is -2.23. The van der Waals surface area contributed by atoms with E-state index in [0.717, 1.165) is 24.2 Å². The number of rotatable bonds is 2. The van der Waals surface area contributed by atoms with E-state index in [0.29, 0.717) is 5.02 Å². The molecule has 0 aliphatic heterocycles. The zero-order valence-corrected chi connectivity index (χ0v) is 13.1. The topological polar surface area (TPSA) is 55.6 Å². The molecule has 3 rings (SSSR count). The molecule has 6 heteroatoms. The van der Waals surface area contributed by atoms with Crippen LogP contribution in [-0.4, -0.2) is 21.1 Å². The van der Waals surface area contributed by atoms with Crippen LogP contribution in [0.3, 0.4) is 0 Å². The average Bonchev–Trinajstić information content (AvgIpc) is 2.97. The van der Waals surface area contributed by atoms with Gasteiger partial charge in [0.1, 0.15) is 17.0 Å². The van der Waals surface area contributed by atoms with Gasteiger partial charge in [-0.3, -0.25) is 0 Å². The van der Waals surface area contributed by atoms with E-state index in [1.165, 1.54) is 0 Å².